The predicted molar refractivity (Wildman–Crippen MR) is 77.0 cm³/mol. The van der Waals surface area contributed by atoms with Crippen LogP contribution in [0.4, 0.5) is 0 Å². The molecule has 3 aliphatic carbocycles. The Hall–Kier alpha value is -2.17. The number of pyridine rings is 1. The van der Waals surface area contributed by atoms with Crippen molar-refractivity contribution < 1.29 is 14.7 Å². The monoisotopic (exact) mass is 286 g/mol. The number of nitrogens with one attached hydrogen (secondary N) is 1. The molecule has 4 rings (SSSR count). The Morgan fingerprint density at radius 1 is 1.29 bits per heavy atom. The number of amides is 1. The number of hydrogen-bond acceptors (Lipinski definition) is 3. The van der Waals surface area contributed by atoms with Gasteiger partial charge in [0.1, 0.15) is 5.69 Å². The Balaban J connectivity index is 1.57. The average molecular weight is 286 g/mol. The van der Waals surface area contributed by atoms with Crippen molar-refractivity contribution >= 4 is 11.9 Å². The summed E-state index contributed by atoms with van der Waals surface area (Å²) < 4.78 is 0. The van der Waals surface area contributed by atoms with Gasteiger partial charge in [-0.3, -0.25) is 4.79 Å². The number of aromatic carboxylic acids is 1. The fraction of sp³-hybridized carbons (Fsp3) is 0.438. The van der Waals surface area contributed by atoms with E-state index in [0.717, 1.165) is 6.42 Å². The van der Waals surface area contributed by atoms with Crippen molar-refractivity contribution in [1.29, 1.82) is 0 Å². The highest BCUT2D eigenvalue weighted by Gasteiger charge is 2.31. The third kappa shape index (κ3) is 2.96. The summed E-state index contributed by atoms with van der Waals surface area (Å²) >= 11 is 0. The summed E-state index contributed by atoms with van der Waals surface area (Å²) in [5.74, 6) is 0.497. The lowest BCUT2D eigenvalue weighted by Gasteiger charge is -2.38. The van der Waals surface area contributed by atoms with Gasteiger partial charge in [-0.15, -0.1) is 0 Å². The topological polar surface area (TPSA) is 79.3 Å². The molecule has 5 nitrogen and oxygen atoms in total. The van der Waals surface area contributed by atoms with Gasteiger partial charge in [-0.25, -0.2) is 9.78 Å². The van der Waals surface area contributed by atoms with Crippen molar-refractivity contribution in [3.63, 3.8) is 0 Å². The van der Waals surface area contributed by atoms with Gasteiger partial charge in [0.25, 0.3) is 5.91 Å². The molecule has 2 N–H and O–H groups in total. The van der Waals surface area contributed by atoms with E-state index in [1.165, 1.54) is 31.2 Å². The van der Waals surface area contributed by atoms with Crippen molar-refractivity contribution in [2.24, 2.45) is 17.8 Å². The van der Waals surface area contributed by atoms with Gasteiger partial charge >= 0.3 is 5.97 Å². The van der Waals surface area contributed by atoms with Crippen LogP contribution < -0.4 is 5.32 Å². The van der Waals surface area contributed by atoms with E-state index in [9.17, 15) is 9.59 Å². The molecule has 0 aliphatic heterocycles. The number of aromatic nitrogens is 1. The van der Waals surface area contributed by atoms with E-state index in [1.54, 1.807) is 0 Å². The smallest absolute Gasteiger partial charge is 0.354 e. The Kier molecular flexibility index (Phi) is 3.73. The van der Waals surface area contributed by atoms with E-state index in [4.69, 9.17) is 5.11 Å². The molecule has 110 valence electrons. The van der Waals surface area contributed by atoms with Crippen LogP contribution in [0, 0.1) is 17.8 Å². The van der Waals surface area contributed by atoms with E-state index >= 15 is 0 Å². The number of carboxylic acid groups (broad SMARTS) is 1. The minimum atomic E-state index is -1.09. The lowest BCUT2D eigenvalue weighted by molar-refractivity contribution is 0.0689. The summed E-state index contributed by atoms with van der Waals surface area (Å²) in [7, 11) is 0. The van der Waals surface area contributed by atoms with Crippen LogP contribution >= 0.6 is 0 Å². The summed E-state index contributed by atoms with van der Waals surface area (Å²) in [4.78, 5) is 26.5. The molecule has 0 saturated heterocycles. The van der Waals surface area contributed by atoms with Gasteiger partial charge in [-0.2, -0.15) is 0 Å². The van der Waals surface area contributed by atoms with Gasteiger partial charge in [0.15, 0.2) is 0 Å². The zero-order valence-electron chi connectivity index (χ0n) is 11.7. The van der Waals surface area contributed by atoms with Crippen molar-refractivity contribution in [1.82, 2.24) is 10.3 Å². The average Bonchev–Trinajstić information content (AvgIpc) is 2.54. The summed E-state index contributed by atoms with van der Waals surface area (Å²) in [6.07, 6.45) is 9.55. The fourth-order valence-electron chi connectivity index (χ4n) is 3.27. The van der Waals surface area contributed by atoms with Gasteiger partial charge < -0.3 is 10.4 Å². The molecular weight excluding hydrogens is 268 g/mol. The Bertz CT molecular complexity index is 580. The van der Waals surface area contributed by atoms with Crippen LogP contribution in [0.2, 0.25) is 0 Å². The molecule has 0 aromatic carbocycles. The molecule has 1 saturated carbocycles. The molecule has 2 bridgehead atoms. The molecule has 0 spiro atoms. The van der Waals surface area contributed by atoms with E-state index < -0.39 is 5.97 Å². The quantitative estimate of drug-likeness (QED) is 0.831. The standard InChI is InChI=1S/C16H18N2O3/c19-15(12-5-6-14(16(20)21)17-8-12)18-9-13-7-10-1-3-11(13)4-2-10/h1,3,5-6,8,10-11,13H,2,4,7,9H2,(H,18,19)(H,20,21). The second-order valence-corrected chi connectivity index (χ2v) is 5.83. The largest absolute Gasteiger partial charge is 0.477 e. The van der Waals surface area contributed by atoms with Crippen LogP contribution in [0.3, 0.4) is 0 Å². The molecule has 5 heteroatoms. The normalized spacial score (nSPS) is 26.6. The first-order valence-electron chi connectivity index (χ1n) is 7.29. The van der Waals surface area contributed by atoms with Crippen molar-refractivity contribution in [2.45, 2.75) is 19.3 Å². The number of hydrogen-bond donors (Lipinski definition) is 2. The second-order valence-electron chi connectivity index (χ2n) is 5.83. The first-order valence-corrected chi connectivity index (χ1v) is 7.29. The van der Waals surface area contributed by atoms with Gasteiger partial charge in [0.2, 0.25) is 0 Å². The van der Waals surface area contributed by atoms with Gasteiger partial charge in [0, 0.05) is 12.7 Å². The first kappa shape index (κ1) is 13.8. The van der Waals surface area contributed by atoms with Gasteiger partial charge in [0.05, 0.1) is 5.56 Å². The predicted octanol–water partition coefficient (Wildman–Crippen LogP) is 2.11. The molecule has 3 atom stereocenters. The molecule has 21 heavy (non-hydrogen) atoms. The molecule has 0 radical (unpaired) electrons. The van der Waals surface area contributed by atoms with E-state index in [1.807, 2.05) is 0 Å². The van der Waals surface area contributed by atoms with E-state index in [2.05, 4.69) is 22.5 Å². The van der Waals surface area contributed by atoms with Crippen LogP contribution in [-0.2, 0) is 0 Å². The van der Waals surface area contributed by atoms with Crippen LogP contribution in [0.5, 0.6) is 0 Å². The minimum Gasteiger partial charge on any atom is -0.477 e. The van der Waals surface area contributed by atoms with Gasteiger partial charge in [-0.05, 0) is 49.1 Å². The summed E-state index contributed by atoms with van der Waals surface area (Å²) in [5, 5.41) is 11.7. The third-order valence-electron chi connectivity index (χ3n) is 4.48. The number of carboxylic acids is 1. The molecule has 3 unspecified atom stereocenters. The Morgan fingerprint density at radius 2 is 2.14 bits per heavy atom. The maximum atomic E-state index is 12.1. The highest BCUT2D eigenvalue weighted by atomic mass is 16.4. The summed E-state index contributed by atoms with van der Waals surface area (Å²) in [6.45, 7) is 0.672. The van der Waals surface area contributed by atoms with E-state index in [0.29, 0.717) is 29.9 Å². The number of rotatable bonds is 4. The zero-order chi connectivity index (χ0) is 14.8. The van der Waals surface area contributed by atoms with Crippen molar-refractivity contribution in [3.05, 3.63) is 41.7 Å². The number of carbonyl (C=O) groups is 2. The molecular formula is C16H18N2O3. The lowest BCUT2D eigenvalue weighted by atomic mass is 9.69. The molecule has 3 aliphatic rings. The molecule has 1 aromatic heterocycles. The fourth-order valence-corrected chi connectivity index (χ4v) is 3.27. The highest BCUT2D eigenvalue weighted by Crippen LogP contribution is 2.39. The minimum absolute atomic E-state index is 0.0544. The molecule has 1 heterocycles. The number of fused-ring (bicyclic) bond motifs is 2. The first-order chi connectivity index (χ1) is 10.1. The van der Waals surface area contributed by atoms with Crippen LogP contribution in [0.25, 0.3) is 0 Å². The number of carbonyl (C=O) groups excluding carboxylic acids is 1. The Labute approximate surface area is 123 Å². The van der Waals surface area contributed by atoms with Crippen molar-refractivity contribution in [2.75, 3.05) is 6.54 Å². The van der Waals surface area contributed by atoms with E-state index in [-0.39, 0.29) is 11.6 Å². The number of allylic oxidation sites excluding steroid dienone is 2. The lowest BCUT2D eigenvalue weighted by Crippen LogP contribution is -2.37. The summed E-state index contributed by atoms with van der Waals surface area (Å²) in [6, 6.07) is 2.85. The number of nitrogens with zero attached hydrogens (tertiary/aromatic N) is 1. The van der Waals surface area contributed by atoms with Crippen molar-refractivity contribution in [3.8, 4) is 0 Å². The Morgan fingerprint density at radius 3 is 2.67 bits per heavy atom. The maximum Gasteiger partial charge on any atom is 0.354 e. The highest BCUT2D eigenvalue weighted by molar-refractivity contribution is 5.94. The van der Waals surface area contributed by atoms with Crippen LogP contribution in [0.15, 0.2) is 30.5 Å². The third-order valence-corrected chi connectivity index (χ3v) is 4.48. The zero-order valence-corrected chi connectivity index (χ0v) is 11.7. The van der Waals surface area contributed by atoms with Crippen LogP contribution in [-0.4, -0.2) is 28.5 Å². The molecule has 1 aromatic rings. The maximum absolute atomic E-state index is 12.1. The molecule has 1 amide bonds. The van der Waals surface area contributed by atoms with Crippen LogP contribution in [0.1, 0.15) is 40.1 Å². The SMILES string of the molecule is O=C(NCC1CC2C=CC1CC2)c1ccc(C(=O)O)nc1. The van der Waals surface area contributed by atoms with Gasteiger partial charge in [-0.1, -0.05) is 12.2 Å². The second kappa shape index (κ2) is 5.68. The summed E-state index contributed by atoms with van der Waals surface area (Å²) in [5.41, 5.74) is 0.345. The molecule has 1 fully saturated rings.